The number of hydrogen-bond donors (Lipinski definition) is 1. The van der Waals surface area contributed by atoms with E-state index < -0.39 is 21.7 Å². The normalized spacial score (nSPS) is 12.9. The zero-order chi connectivity index (χ0) is 36.7. The molecule has 0 unspecified atom stereocenters. The number of carbonyl (C=O) groups is 4. The van der Waals surface area contributed by atoms with E-state index in [1.54, 1.807) is 38.1 Å². The molecule has 1 aliphatic rings. The highest BCUT2D eigenvalue weighted by Crippen LogP contribution is 2.48. The third kappa shape index (κ3) is 9.49. The molecular weight excluding hydrogens is 676 g/mol. The number of amides is 1. The second-order valence-electron chi connectivity index (χ2n) is 12.8. The zero-order valence-electron chi connectivity index (χ0n) is 29.1. The number of halogens is 1. The van der Waals surface area contributed by atoms with E-state index in [1.165, 1.54) is 28.6 Å². The van der Waals surface area contributed by atoms with Crippen LogP contribution in [0.4, 0.5) is 10.1 Å². The number of ketones is 2. The van der Waals surface area contributed by atoms with Crippen molar-refractivity contribution in [2.45, 2.75) is 71.1 Å². The molecule has 5 rings (SSSR count). The zero-order valence-corrected chi connectivity index (χ0v) is 29.9. The van der Waals surface area contributed by atoms with E-state index in [9.17, 15) is 32.0 Å². The summed E-state index contributed by atoms with van der Waals surface area (Å²) in [5, 5.41) is 3.23. The van der Waals surface area contributed by atoms with E-state index in [4.69, 9.17) is 9.15 Å². The van der Waals surface area contributed by atoms with Gasteiger partial charge < -0.3 is 14.5 Å². The third-order valence-corrected chi connectivity index (χ3v) is 10.0. The minimum absolute atomic E-state index is 0.0177. The second kappa shape index (κ2) is 16.5. The van der Waals surface area contributed by atoms with Crippen LogP contribution in [0.25, 0.3) is 22.3 Å². The summed E-state index contributed by atoms with van der Waals surface area (Å²) < 4.78 is 52.5. The second-order valence-corrected chi connectivity index (χ2v) is 14.7. The lowest BCUT2D eigenvalue weighted by molar-refractivity contribution is -0.143. The first-order valence-corrected chi connectivity index (χ1v) is 19.2. The smallest absolute Gasteiger partial charge is 0.305 e. The van der Waals surface area contributed by atoms with Crippen molar-refractivity contribution in [1.29, 1.82) is 0 Å². The quantitative estimate of drug-likeness (QED) is 0.0846. The van der Waals surface area contributed by atoms with Gasteiger partial charge in [0.15, 0.2) is 11.6 Å². The van der Waals surface area contributed by atoms with Crippen molar-refractivity contribution >= 4 is 50.1 Å². The molecule has 1 heterocycles. The molecule has 0 atom stereocenters. The third-order valence-electron chi connectivity index (χ3n) is 8.83. The Balaban J connectivity index is 1.27. The Hall–Kier alpha value is -4.84. The molecule has 1 amide bonds. The van der Waals surface area contributed by atoms with Crippen molar-refractivity contribution in [2.75, 3.05) is 30.3 Å². The Labute approximate surface area is 297 Å². The van der Waals surface area contributed by atoms with E-state index in [-0.39, 0.29) is 62.2 Å². The molecule has 51 heavy (non-hydrogen) atoms. The maximum absolute atomic E-state index is 13.7. The Morgan fingerprint density at radius 1 is 0.980 bits per heavy atom. The Morgan fingerprint density at radius 3 is 2.39 bits per heavy atom. The molecule has 1 aliphatic carbocycles. The van der Waals surface area contributed by atoms with Gasteiger partial charge in [-0.1, -0.05) is 19.1 Å². The highest BCUT2D eigenvalue weighted by Gasteiger charge is 2.33. The number of carbonyl (C=O) groups excluding carboxylic acids is 4. The summed E-state index contributed by atoms with van der Waals surface area (Å²) in [5.74, 6) is -1.08. The number of nitrogens with one attached hydrogen (secondary N) is 1. The van der Waals surface area contributed by atoms with Gasteiger partial charge in [-0.2, -0.15) is 0 Å². The fourth-order valence-corrected chi connectivity index (χ4v) is 7.11. The first-order valence-electron chi connectivity index (χ1n) is 17.3. The van der Waals surface area contributed by atoms with Gasteiger partial charge in [0.2, 0.25) is 10.0 Å². The van der Waals surface area contributed by atoms with E-state index >= 15 is 0 Å². The predicted octanol–water partition coefficient (Wildman–Crippen LogP) is 7.14. The van der Waals surface area contributed by atoms with Gasteiger partial charge in [0.25, 0.3) is 5.91 Å². The van der Waals surface area contributed by atoms with Crippen molar-refractivity contribution in [2.24, 2.45) is 0 Å². The number of esters is 1. The molecule has 12 heteroatoms. The number of anilines is 1. The molecule has 0 radical (unpaired) electrons. The van der Waals surface area contributed by atoms with Gasteiger partial charge in [0, 0.05) is 48.4 Å². The van der Waals surface area contributed by atoms with E-state index in [0.717, 1.165) is 30.2 Å². The molecule has 0 bridgehead atoms. The maximum Gasteiger partial charge on any atom is 0.305 e. The molecule has 1 saturated carbocycles. The molecule has 0 spiro atoms. The molecule has 270 valence electrons. The fraction of sp³-hybridized carbons (Fsp3) is 0.385. The van der Waals surface area contributed by atoms with Crippen molar-refractivity contribution in [3.63, 3.8) is 0 Å². The van der Waals surface area contributed by atoms with Crippen LogP contribution in [0.5, 0.6) is 0 Å². The van der Waals surface area contributed by atoms with Crippen molar-refractivity contribution in [3.05, 3.63) is 88.7 Å². The predicted molar refractivity (Wildman–Crippen MR) is 193 cm³/mol. The van der Waals surface area contributed by atoms with Gasteiger partial charge in [-0.3, -0.25) is 23.5 Å². The topological polar surface area (TPSA) is 140 Å². The van der Waals surface area contributed by atoms with Gasteiger partial charge in [0.05, 0.1) is 30.7 Å². The molecule has 0 saturated heterocycles. The minimum Gasteiger partial charge on any atom is -0.466 e. The SMILES string of the molecule is CCOC(=O)CCCc1cccc(C(=O)NCC(=O)CCCN(c2cc3oc(-c4ccc(F)cc4)c(C(=O)CC)c3cc2C2CC2)S(C)(=O)=O)c1. The van der Waals surface area contributed by atoms with Crippen LogP contribution >= 0.6 is 0 Å². The largest absolute Gasteiger partial charge is 0.466 e. The summed E-state index contributed by atoms with van der Waals surface area (Å²) in [5.41, 5.74) is 3.75. The lowest BCUT2D eigenvalue weighted by Crippen LogP contribution is -2.33. The van der Waals surface area contributed by atoms with E-state index in [2.05, 4.69) is 5.32 Å². The Bertz CT molecular complexity index is 2030. The summed E-state index contributed by atoms with van der Waals surface area (Å²) in [7, 11) is -3.80. The van der Waals surface area contributed by atoms with Gasteiger partial charge in [0.1, 0.15) is 17.2 Å². The van der Waals surface area contributed by atoms with Crippen LogP contribution in [0, 0.1) is 5.82 Å². The standard InChI is InChI=1S/C39H43FN2O8S/c1-4-34(44)37-32-22-31(26-14-15-26)33(23-35(32)50-38(37)27-16-18-29(40)19-17-27)42(51(3,47)48)20-8-12-30(43)24-41-39(46)28-11-6-9-25(21-28)10-7-13-36(45)49-5-2/h6,9,11,16-19,21-23,26H,4-5,7-8,10,12-15,20,24H2,1-3H3,(H,41,46). The molecule has 0 aliphatic heterocycles. The van der Waals surface area contributed by atoms with Gasteiger partial charge >= 0.3 is 5.97 Å². The van der Waals surface area contributed by atoms with Gasteiger partial charge in [-0.15, -0.1) is 0 Å². The number of fused-ring (bicyclic) bond motifs is 1. The lowest BCUT2D eigenvalue weighted by atomic mass is 9.97. The molecule has 1 aromatic heterocycles. The Morgan fingerprint density at radius 2 is 1.73 bits per heavy atom. The molecular formula is C39H43FN2O8S. The number of nitrogens with zero attached hydrogens (tertiary/aromatic N) is 1. The summed E-state index contributed by atoms with van der Waals surface area (Å²) >= 11 is 0. The van der Waals surface area contributed by atoms with Crippen molar-refractivity contribution in [1.82, 2.24) is 5.32 Å². The number of sulfonamides is 1. The number of ether oxygens (including phenoxy) is 1. The number of aryl methyl sites for hydroxylation is 1. The Kier molecular flexibility index (Phi) is 12.1. The molecule has 3 aromatic carbocycles. The molecule has 1 fully saturated rings. The summed E-state index contributed by atoms with van der Waals surface area (Å²) in [6, 6.07) is 16.1. The highest BCUT2D eigenvalue weighted by atomic mass is 32.2. The average molecular weight is 719 g/mol. The van der Waals surface area contributed by atoms with Crippen LogP contribution in [0.2, 0.25) is 0 Å². The van der Waals surface area contributed by atoms with Crippen LogP contribution in [0.1, 0.15) is 96.6 Å². The van der Waals surface area contributed by atoms with E-state index in [1.807, 2.05) is 12.1 Å². The van der Waals surface area contributed by atoms with E-state index in [0.29, 0.717) is 58.6 Å². The van der Waals surface area contributed by atoms with Crippen LogP contribution in [0.15, 0.2) is 65.1 Å². The number of Topliss-reactive ketones (excluding diaryl/α,β-unsaturated/α-hetero) is 2. The first kappa shape index (κ1) is 37.4. The average Bonchev–Trinajstić information content (AvgIpc) is 3.88. The number of rotatable bonds is 18. The number of hydrogen-bond acceptors (Lipinski definition) is 8. The van der Waals surface area contributed by atoms with Crippen molar-refractivity contribution < 1.29 is 41.1 Å². The van der Waals surface area contributed by atoms with Gasteiger partial charge in [-0.25, -0.2) is 12.8 Å². The van der Waals surface area contributed by atoms with Crippen molar-refractivity contribution in [3.8, 4) is 11.3 Å². The molecule has 10 nitrogen and oxygen atoms in total. The monoisotopic (exact) mass is 718 g/mol. The fourth-order valence-electron chi connectivity index (χ4n) is 6.14. The van der Waals surface area contributed by atoms with Gasteiger partial charge in [-0.05, 0) is 98.5 Å². The van der Waals surface area contributed by atoms with Crippen LogP contribution < -0.4 is 9.62 Å². The summed E-state index contributed by atoms with van der Waals surface area (Å²) in [6.07, 6.45) is 4.77. The molecule has 4 aromatic rings. The van der Waals surface area contributed by atoms with Crippen LogP contribution in [0.3, 0.4) is 0 Å². The first-order chi connectivity index (χ1) is 24.4. The molecule has 1 N–H and O–H groups in total. The summed E-state index contributed by atoms with van der Waals surface area (Å²) in [4.78, 5) is 50.4. The minimum atomic E-state index is -3.80. The highest BCUT2D eigenvalue weighted by molar-refractivity contribution is 7.92. The number of benzene rings is 3. The van der Waals surface area contributed by atoms with Crippen LogP contribution in [-0.4, -0.2) is 57.8 Å². The van der Waals surface area contributed by atoms with Crippen LogP contribution in [-0.2, 0) is 30.8 Å². The summed E-state index contributed by atoms with van der Waals surface area (Å²) in [6.45, 7) is 3.64. The number of furan rings is 1. The maximum atomic E-state index is 13.7. The lowest BCUT2D eigenvalue weighted by Gasteiger charge is -2.25.